The van der Waals surface area contributed by atoms with Crippen molar-refractivity contribution in [1.82, 2.24) is 19.7 Å². The van der Waals surface area contributed by atoms with E-state index in [1.54, 1.807) is 6.92 Å². The molecule has 0 fully saturated rings. The van der Waals surface area contributed by atoms with Gasteiger partial charge in [-0.05, 0) is 6.92 Å². The molecule has 126 valence electrons. The van der Waals surface area contributed by atoms with E-state index >= 15 is 0 Å². The van der Waals surface area contributed by atoms with Gasteiger partial charge in [0.05, 0.1) is 11.6 Å². The summed E-state index contributed by atoms with van der Waals surface area (Å²) in [5.41, 5.74) is 5.57. The van der Waals surface area contributed by atoms with E-state index in [0.29, 0.717) is 11.9 Å². The molecular formula is C12H13F5N6. The van der Waals surface area contributed by atoms with Crippen LogP contribution >= 0.6 is 0 Å². The number of fused-ring (bicyclic) bond motifs is 1. The molecule has 0 amide bonds. The molecule has 0 saturated heterocycles. The number of hydrogen-bond donors (Lipinski definition) is 2. The van der Waals surface area contributed by atoms with Crippen molar-refractivity contribution in [2.75, 3.05) is 0 Å². The summed E-state index contributed by atoms with van der Waals surface area (Å²) in [7, 11) is 0. The summed E-state index contributed by atoms with van der Waals surface area (Å²) < 4.78 is 64.1. The Morgan fingerprint density at radius 3 is 2.43 bits per heavy atom. The molecular weight excluding hydrogens is 323 g/mol. The molecule has 2 aromatic heterocycles. The van der Waals surface area contributed by atoms with Crippen LogP contribution in [0.25, 0.3) is 11.0 Å². The fourth-order valence-corrected chi connectivity index (χ4v) is 1.96. The largest absolute Gasteiger partial charge is 0.453 e. The molecule has 0 bridgehead atoms. The smallest absolute Gasteiger partial charge is 0.382 e. The Morgan fingerprint density at radius 2 is 1.91 bits per heavy atom. The molecule has 0 radical (unpaired) electrons. The standard InChI is InChI=1S/C12H13F5N6/c1-2-23-10-6(5-20-23)8(9(18)19)21-7(22-10)3-4-11(13,14)12(15,16)17/h5H,2-4H2,1H3,(H3,18,19). The van der Waals surface area contributed by atoms with Crippen LogP contribution in [0, 0.1) is 5.41 Å². The molecule has 0 aromatic carbocycles. The number of nitrogens with one attached hydrogen (secondary N) is 1. The van der Waals surface area contributed by atoms with Gasteiger partial charge in [0.25, 0.3) is 0 Å². The third-order valence-electron chi connectivity index (χ3n) is 3.17. The van der Waals surface area contributed by atoms with E-state index in [0.717, 1.165) is 0 Å². The van der Waals surface area contributed by atoms with E-state index in [-0.39, 0.29) is 17.2 Å². The Hall–Kier alpha value is -2.33. The molecule has 6 nitrogen and oxygen atoms in total. The van der Waals surface area contributed by atoms with Gasteiger partial charge >= 0.3 is 12.1 Å². The molecule has 0 aliphatic carbocycles. The maximum absolute atomic E-state index is 13.0. The van der Waals surface area contributed by atoms with Gasteiger partial charge in [-0.1, -0.05) is 0 Å². The van der Waals surface area contributed by atoms with Crippen molar-refractivity contribution in [3.63, 3.8) is 0 Å². The van der Waals surface area contributed by atoms with Crippen LogP contribution in [0.3, 0.4) is 0 Å². The Bertz CT molecular complexity index is 735. The van der Waals surface area contributed by atoms with E-state index in [4.69, 9.17) is 11.1 Å². The lowest BCUT2D eigenvalue weighted by Gasteiger charge is -2.19. The molecule has 3 N–H and O–H groups in total. The van der Waals surface area contributed by atoms with Crippen molar-refractivity contribution < 1.29 is 22.0 Å². The zero-order valence-electron chi connectivity index (χ0n) is 12.0. The van der Waals surface area contributed by atoms with Crippen LogP contribution in [0.5, 0.6) is 0 Å². The van der Waals surface area contributed by atoms with Crippen LogP contribution in [-0.2, 0) is 13.0 Å². The Morgan fingerprint density at radius 1 is 1.26 bits per heavy atom. The number of aromatic nitrogens is 4. The van der Waals surface area contributed by atoms with Gasteiger partial charge in [0.2, 0.25) is 0 Å². The Balaban J connectivity index is 2.40. The second-order valence-corrected chi connectivity index (χ2v) is 4.80. The minimum absolute atomic E-state index is 0.0416. The highest BCUT2D eigenvalue weighted by Gasteiger charge is 2.56. The summed E-state index contributed by atoms with van der Waals surface area (Å²) in [5.74, 6) is -5.54. The molecule has 0 spiro atoms. The second kappa shape index (κ2) is 5.70. The number of amidine groups is 1. The van der Waals surface area contributed by atoms with Gasteiger partial charge < -0.3 is 5.73 Å². The molecule has 11 heteroatoms. The van der Waals surface area contributed by atoms with E-state index in [9.17, 15) is 22.0 Å². The van der Waals surface area contributed by atoms with Crippen LogP contribution in [-0.4, -0.2) is 37.7 Å². The summed E-state index contributed by atoms with van der Waals surface area (Å²) in [6, 6.07) is 0. The van der Waals surface area contributed by atoms with Crippen molar-refractivity contribution in [3.8, 4) is 0 Å². The summed E-state index contributed by atoms with van der Waals surface area (Å²) in [5, 5.41) is 11.8. The third-order valence-corrected chi connectivity index (χ3v) is 3.17. The van der Waals surface area contributed by atoms with Crippen LogP contribution in [0.2, 0.25) is 0 Å². The minimum Gasteiger partial charge on any atom is -0.382 e. The molecule has 0 unspecified atom stereocenters. The highest BCUT2D eigenvalue weighted by molar-refractivity contribution is 6.04. The van der Waals surface area contributed by atoms with Gasteiger partial charge in [-0.3, -0.25) is 5.41 Å². The van der Waals surface area contributed by atoms with Gasteiger partial charge in [0.1, 0.15) is 17.4 Å². The van der Waals surface area contributed by atoms with Crippen molar-refractivity contribution in [2.45, 2.75) is 38.4 Å². The first-order chi connectivity index (χ1) is 10.6. The van der Waals surface area contributed by atoms with Crippen molar-refractivity contribution in [1.29, 1.82) is 5.41 Å². The van der Waals surface area contributed by atoms with Gasteiger partial charge in [-0.2, -0.15) is 27.1 Å². The number of aryl methyl sites for hydroxylation is 2. The third kappa shape index (κ3) is 3.22. The summed E-state index contributed by atoms with van der Waals surface area (Å²) in [4.78, 5) is 7.79. The predicted molar refractivity (Wildman–Crippen MR) is 71.3 cm³/mol. The van der Waals surface area contributed by atoms with Gasteiger partial charge in [-0.15, -0.1) is 0 Å². The average molecular weight is 336 g/mol. The van der Waals surface area contributed by atoms with Crippen LogP contribution < -0.4 is 5.73 Å². The molecule has 2 heterocycles. The number of hydrogen-bond acceptors (Lipinski definition) is 4. The first-order valence-corrected chi connectivity index (χ1v) is 6.58. The topological polar surface area (TPSA) is 93.5 Å². The Labute approximate surface area is 127 Å². The second-order valence-electron chi connectivity index (χ2n) is 4.80. The lowest BCUT2D eigenvalue weighted by atomic mass is 10.1. The van der Waals surface area contributed by atoms with E-state index in [1.165, 1.54) is 10.9 Å². The Kier molecular flexibility index (Phi) is 4.22. The van der Waals surface area contributed by atoms with Gasteiger partial charge in [-0.25, -0.2) is 14.6 Å². The molecule has 2 rings (SSSR count). The fourth-order valence-electron chi connectivity index (χ4n) is 1.96. The zero-order valence-corrected chi connectivity index (χ0v) is 12.0. The SMILES string of the molecule is CCn1ncc2c(C(=N)N)nc(CCC(F)(F)C(F)(F)F)nc21. The van der Waals surface area contributed by atoms with Crippen LogP contribution in [0.4, 0.5) is 22.0 Å². The first kappa shape index (κ1) is 17.0. The molecule has 0 atom stereocenters. The summed E-state index contributed by atoms with van der Waals surface area (Å²) in [6.45, 7) is 2.15. The molecule has 2 aromatic rings. The van der Waals surface area contributed by atoms with E-state index in [1.807, 2.05) is 0 Å². The minimum atomic E-state index is -5.63. The monoisotopic (exact) mass is 336 g/mol. The van der Waals surface area contributed by atoms with E-state index in [2.05, 4.69) is 15.1 Å². The molecule has 23 heavy (non-hydrogen) atoms. The maximum atomic E-state index is 13.0. The van der Waals surface area contributed by atoms with Gasteiger partial charge in [0, 0.05) is 19.4 Å². The molecule has 0 saturated carbocycles. The molecule has 0 aliphatic rings. The summed E-state index contributed by atoms with van der Waals surface area (Å²) >= 11 is 0. The molecule has 0 aliphatic heterocycles. The zero-order chi connectivity index (χ0) is 17.4. The van der Waals surface area contributed by atoms with E-state index < -0.39 is 30.8 Å². The lowest BCUT2D eigenvalue weighted by Crippen LogP contribution is -2.36. The first-order valence-electron chi connectivity index (χ1n) is 6.58. The highest BCUT2D eigenvalue weighted by atomic mass is 19.4. The van der Waals surface area contributed by atoms with Crippen molar-refractivity contribution >= 4 is 16.9 Å². The number of nitrogen functional groups attached to an aromatic ring is 1. The predicted octanol–water partition coefficient (Wildman–Crippen LogP) is 2.26. The lowest BCUT2D eigenvalue weighted by molar-refractivity contribution is -0.284. The van der Waals surface area contributed by atoms with Crippen molar-refractivity contribution in [2.24, 2.45) is 5.73 Å². The normalized spacial score (nSPS) is 12.8. The van der Waals surface area contributed by atoms with Crippen LogP contribution in [0.1, 0.15) is 24.9 Å². The quantitative estimate of drug-likeness (QED) is 0.497. The highest BCUT2D eigenvalue weighted by Crippen LogP contribution is 2.38. The van der Waals surface area contributed by atoms with Crippen LogP contribution in [0.15, 0.2) is 6.20 Å². The number of alkyl halides is 5. The summed E-state index contributed by atoms with van der Waals surface area (Å²) in [6.07, 6.45) is -6.47. The van der Waals surface area contributed by atoms with Gasteiger partial charge in [0.15, 0.2) is 5.65 Å². The average Bonchev–Trinajstić information content (AvgIpc) is 2.85. The number of rotatable bonds is 5. The maximum Gasteiger partial charge on any atom is 0.453 e. The number of nitrogens with zero attached hydrogens (tertiary/aromatic N) is 4. The fraction of sp³-hybridized carbons (Fsp3) is 0.500. The number of halogens is 5. The van der Waals surface area contributed by atoms with Crippen molar-refractivity contribution in [3.05, 3.63) is 17.7 Å². The number of nitrogens with two attached hydrogens (primary N) is 1.